The summed E-state index contributed by atoms with van der Waals surface area (Å²) in [5, 5.41) is 3.81. The van der Waals surface area contributed by atoms with Gasteiger partial charge in [-0.15, -0.1) is 0 Å². The van der Waals surface area contributed by atoms with Gasteiger partial charge in [0.1, 0.15) is 0 Å². The summed E-state index contributed by atoms with van der Waals surface area (Å²) in [5.41, 5.74) is 2.13. The van der Waals surface area contributed by atoms with Crippen molar-refractivity contribution in [1.29, 1.82) is 0 Å². The standard InChI is InChI=1S/C18H15ClN2O3/c1-23-18(22)13-5-3-7-15(9-13)20-11-17-21-10-16(24-17)12-4-2-6-14(19)8-12/h2-10,20H,11H2,1H3. The maximum atomic E-state index is 11.5. The molecule has 0 bridgehead atoms. The topological polar surface area (TPSA) is 64.4 Å². The van der Waals surface area contributed by atoms with Gasteiger partial charge in [0, 0.05) is 16.3 Å². The summed E-state index contributed by atoms with van der Waals surface area (Å²) >= 11 is 5.98. The van der Waals surface area contributed by atoms with Gasteiger partial charge in [0.2, 0.25) is 5.89 Å². The van der Waals surface area contributed by atoms with Crippen LogP contribution in [0.3, 0.4) is 0 Å². The molecular formula is C18H15ClN2O3. The lowest BCUT2D eigenvalue weighted by Crippen LogP contribution is -2.04. The first-order chi connectivity index (χ1) is 11.7. The average molecular weight is 343 g/mol. The van der Waals surface area contributed by atoms with Crippen LogP contribution in [0.25, 0.3) is 11.3 Å². The van der Waals surface area contributed by atoms with Crippen molar-refractivity contribution in [2.75, 3.05) is 12.4 Å². The highest BCUT2D eigenvalue weighted by Crippen LogP contribution is 2.23. The number of benzene rings is 2. The molecule has 0 aliphatic heterocycles. The third-order valence-electron chi connectivity index (χ3n) is 3.39. The summed E-state index contributed by atoms with van der Waals surface area (Å²) in [6.07, 6.45) is 1.66. The number of anilines is 1. The number of carbonyl (C=O) groups excluding carboxylic acids is 1. The predicted molar refractivity (Wildman–Crippen MR) is 92.1 cm³/mol. The van der Waals surface area contributed by atoms with Crippen LogP contribution in [-0.2, 0) is 11.3 Å². The second kappa shape index (κ2) is 7.19. The Kier molecular flexibility index (Phi) is 4.82. The molecule has 0 aliphatic carbocycles. The van der Waals surface area contributed by atoms with E-state index in [-0.39, 0.29) is 5.97 Å². The first-order valence-corrected chi connectivity index (χ1v) is 7.66. The van der Waals surface area contributed by atoms with Crippen LogP contribution in [-0.4, -0.2) is 18.1 Å². The third kappa shape index (κ3) is 3.75. The van der Waals surface area contributed by atoms with Crippen molar-refractivity contribution >= 4 is 23.3 Å². The number of oxazole rings is 1. The van der Waals surface area contributed by atoms with Crippen molar-refractivity contribution in [3.8, 4) is 11.3 Å². The van der Waals surface area contributed by atoms with Gasteiger partial charge in [0.15, 0.2) is 5.76 Å². The molecular weight excluding hydrogens is 328 g/mol. The highest BCUT2D eigenvalue weighted by Gasteiger charge is 2.08. The molecule has 6 heteroatoms. The second-order valence-electron chi connectivity index (χ2n) is 5.05. The largest absolute Gasteiger partial charge is 0.465 e. The zero-order valence-electron chi connectivity index (χ0n) is 13.0. The fourth-order valence-corrected chi connectivity index (χ4v) is 2.41. The quantitative estimate of drug-likeness (QED) is 0.696. The number of rotatable bonds is 5. The van der Waals surface area contributed by atoms with Gasteiger partial charge in [-0.25, -0.2) is 9.78 Å². The summed E-state index contributed by atoms with van der Waals surface area (Å²) in [6.45, 7) is 0.394. The second-order valence-corrected chi connectivity index (χ2v) is 5.49. The molecule has 0 unspecified atom stereocenters. The molecule has 3 aromatic rings. The Morgan fingerprint density at radius 3 is 2.88 bits per heavy atom. The molecule has 1 N–H and O–H groups in total. The molecule has 2 aromatic carbocycles. The number of carbonyl (C=O) groups is 1. The van der Waals surface area contributed by atoms with E-state index >= 15 is 0 Å². The molecule has 0 saturated heterocycles. The molecule has 1 aromatic heterocycles. The van der Waals surface area contributed by atoms with Gasteiger partial charge in [0.05, 0.1) is 25.4 Å². The van der Waals surface area contributed by atoms with Crippen LogP contribution >= 0.6 is 11.6 Å². The normalized spacial score (nSPS) is 10.4. The van der Waals surface area contributed by atoms with Gasteiger partial charge in [-0.3, -0.25) is 0 Å². The predicted octanol–water partition coefficient (Wildman–Crippen LogP) is 4.39. The summed E-state index contributed by atoms with van der Waals surface area (Å²) in [5.74, 6) is 0.809. The minimum Gasteiger partial charge on any atom is -0.465 e. The van der Waals surface area contributed by atoms with E-state index in [1.165, 1.54) is 7.11 Å². The Bertz CT molecular complexity index is 861. The highest BCUT2D eigenvalue weighted by atomic mass is 35.5. The smallest absolute Gasteiger partial charge is 0.337 e. The number of aromatic nitrogens is 1. The average Bonchev–Trinajstić information content (AvgIpc) is 3.08. The van der Waals surface area contributed by atoms with Crippen molar-refractivity contribution in [2.24, 2.45) is 0 Å². The summed E-state index contributed by atoms with van der Waals surface area (Å²) in [6, 6.07) is 14.4. The molecule has 3 rings (SSSR count). The minimum atomic E-state index is -0.377. The van der Waals surface area contributed by atoms with E-state index in [1.807, 2.05) is 24.3 Å². The molecule has 122 valence electrons. The number of nitrogens with zero attached hydrogens (tertiary/aromatic N) is 1. The lowest BCUT2D eigenvalue weighted by Gasteiger charge is -2.05. The number of halogens is 1. The number of methoxy groups -OCH3 is 1. The van der Waals surface area contributed by atoms with Gasteiger partial charge in [0.25, 0.3) is 0 Å². The molecule has 24 heavy (non-hydrogen) atoms. The first-order valence-electron chi connectivity index (χ1n) is 7.28. The lowest BCUT2D eigenvalue weighted by molar-refractivity contribution is 0.0601. The van der Waals surface area contributed by atoms with E-state index in [0.717, 1.165) is 11.3 Å². The molecule has 0 radical (unpaired) electrons. The Labute approximate surface area is 144 Å². The van der Waals surface area contributed by atoms with Crippen LogP contribution in [0.1, 0.15) is 16.2 Å². The number of ether oxygens (including phenoxy) is 1. The van der Waals surface area contributed by atoms with Crippen LogP contribution in [0.5, 0.6) is 0 Å². The molecule has 0 spiro atoms. The fourth-order valence-electron chi connectivity index (χ4n) is 2.22. The van der Waals surface area contributed by atoms with Gasteiger partial charge in [-0.1, -0.05) is 29.8 Å². The zero-order chi connectivity index (χ0) is 16.9. The zero-order valence-corrected chi connectivity index (χ0v) is 13.7. The van der Waals surface area contributed by atoms with Crippen LogP contribution in [0, 0.1) is 0 Å². The molecule has 0 saturated carbocycles. The van der Waals surface area contributed by atoms with Crippen LogP contribution in [0.15, 0.2) is 59.1 Å². The van der Waals surface area contributed by atoms with Gasteiger partial charge < -0.3 is 14.5 Å². The van der Waals surface area contributed by atoms with Crippen molar-refractivity contribution < 1.29 is 13.9 Å². The van der Waals surface area contributed by atoms with E-state index in [9.17, 15) is 4.79 Å². The first kappa shape index (κ1) is 16.1. The molecule has 0 aliphatic rings. The van der Waals surface area contributed by atoms with Gasteiger partial charge in [-0.05, 0) is 30.3 Å². The van der Waals surface area contributed by atoms with E-state index in [2.05, 4.69) is 10.3 Å². The maximum Gasteiger partial charge on any atom is 0.337 e. The number of nitrogens with one attached hydrogen (secondary N) is 1. The Hall–Kier alpha value is -2.79. The Morgan fingerprint density at radius 1 is 1.25 bits per heavy atom. The van der Waals surface area contributed by atoms with Crippen molar-refractivity contribution in [2.45, 2.75) is 6.54 Å². The van der Waals surface area contributed by atoms with E-state index in [0.29, 0.717) is 28.8 Å². The van der Waals surface area contributed by atoms with Gasteiger partial charge in [-0.2, -0.15) is 0 Å². The third-order valence-corrected chi connectivity index (χ3v) is 3.63. The van der Waals surface area contributed by atoms with Gasteiger partial charge >= 0.3 is 5.97 Å². The number of hydrogen-bond donors (Lipinski definition) is 1. The molecule has 1 heterocycles. The lowest BCUT2D eigenvalue weighted by atomic mass is 10.2. The van der Waals surface area contributed by atoms with E-state index < -0.39 is 0 Å². The SMILES string of the molecule is COC(=O)c1cccc(NCc2ncc(-c3cccc(Cl)c3)o2)c1. The number of esters is 1. The summed E-state index contributed by atoms with van der Waals surface area (Å²) < 4.78 is 10.4. The fraction of sp³-hybridized carbons (Fsp3) is 0.111. The molecule has 0 amide bonds. The number of hydrogen-bond acceptors (Lipinski definition) is 5. The van der Waals surface area contributed by atoms with Crippen LogP contribution < -0.4 is 5.32 Å². The summed E-state index contributed by atoms with van der Waals surface area (Å²) in [4.78, 5) is 15.8. The van der Waals surface area contributed by atoms with Crippen LogP contribution in [0.4, 0.5) is 5.69 Å². The van der Waals surface area contributed by atoms with E-state index in [4.69, 9.17) is 20.8 Å². The molecule has 0 fully saturated rings. The molecule has 0 atom stereocenters. The van der Waals surface area contributed by atoms with E-state index in [1.54, 1.807) is 30.5 Å². The maximum absolute atomic E-state index is 11.5. The van der Waals surface area contributed by atoms with Crippen molar-refractivity contribution in [1.82, 2.24) is 4.98 Å². The minimum absolute atomic E-state index is 0.377. The van der Waals surface area contributed by atoms with Crippen molar-refractivity contribution in [3.63, 3.8) is 0 Å². The highest BCUT2D eigenvalue weighted by molar-refractivity contribution is 6.30. The Morgan fingerprint density at radius 2 is 2.08 bits per heavy atom. The van der Waals surface area contributed by atoms with Crippen molar-refractivity contribution in [3.05, 3.63) is 71.2 Å². The summed E-state index contributed by atoms with van der Waals surface area (Å²) in [7, 11) is 1.35. The Balaban J connectivity index is 1.69. The van der Waals surface area contributed by atoms with Crippen LogP contribution in [0.2, 0.25) is 5.02 Å². The monoisotopic (exact) mass is 342 g/mol. The molecule has 5 nitrogen and oxygen atoms in total.